The van der Waals surface area contributed by atoms with Crippen LogP contribution < -0.4 is 0 Å². The van der Waals surface area contributed by atoms with Gasteiger partial charge in [0.05, 0.1) is 17.5 Å². The van der Waals surface area contributed by atoms with Gasteiger partial charge in [0.15, 0.2) is 0 Å². The zero-order valence-electron chi connectivity index (χ0n) is 23.5. The van der Waals surface area contributed by atoms with Gasteiger partial charge in [-0.1, -0.05) is 57.0 Å². The van der Waals surface area contributed by atoms with Gasteiger partial charge in [-0.15, -0.1) is 0 Å². The number of nitro benzene ring substituents is 1. The molecule has 9 nitrogen and oxygen atoms in total. The number of hydrogen-bond acceptors (Lipinski definition) is 5. The number of benzene rings is 2. The topological polar surface area (TPSA) is 103 Å². The highest BCUT2D eigenvalue weighted by atomic mass is 16.6. The molecule has 2 atom stereocenters. The Hall–Kier alpha value is -3.72. The van der Waals surface area contributed by atoms with Crippen LogP contribution in [0.1, 0.15) is 68.8 Å². The number of nitro groups is 1. The van der Waals surface area contributed by atoms with E-state index in [1.54, 1.807) is 21.9 Å². The minimum absolute atomic E-state index is 0.0280. The zero-order valence-corrected chi connectivity index (χ0v) is 23.5. The number of aromatic nitrogens is 1. The number of nitrogens with zero attached hydrogens (tertiary/aromatic N) is 4. The molecular weight excluding hydrogens is 506 g/mol. The van der Waals surface area contributed by atoms with E-state index in [0.29, 0.717) is 18.5 Å². The molecule has 1 N–H and O–H groups in total. The Bertz CT molecular complexity index is 1380. The molecule has 0 saturated carbocycles. The van der Waals surface area contributed by atoms with Gasteiger partial charge in [0, 0.05) is 41.7 Å². The second-order valence-corrected chi connectivity index (χ2v) is 11.0. The molecule has 2 aliphatic rings. The van der Waals surface area contributed by atoms with Crippen LogP contribution in [0.25, 0.3) is 10.9 Å². The maximum absolute atomic E-state index is 13.9. The molecule has 0 spiro atoms. The number of carbonyl (C=O) groups is 2. The Labute approximate surface area is 235 Å². The molecule has 5 rings (SSSR count). The average molecular weight is 546 g/mol. The minimum atomic E-state index is -0.645. The van der Waals surface area contributed by atoms with Gasteiger partial charge in [0.25, 0.3) is 5.69 Å². The average Bonchev–Trinajstić information content (AvgIpc) is 3.34. The van der Waals surface area contributed by atoms with E-state index in [4.69, 9.17) is 0 Å². The van der Waals surface area contributed by atoms with E-state index in [9.17, 15) is 19.7 Å². The summed E-state index contributed by atoms with van der Waals surface area (Å²) in [6.07, 6.45) is 5.88. The quantitative estimate of drug-likeness (QED) is 0.253. The molecule has 0 radical (unpaired) electrons. The number of fused-ring (bicyclic) bond motifs is 4. The third-order valence-corrected chi connectivity index (χ3v) is 8.30. The van der Waals surface area contributed by atoms with Gasteiger partial charge in [-0.25, -0.2) is 0 Å². The summed E-state index contributed by atoms with van der Waals surface area (Å²) in [5, 5.41) is 12.6. The van der Waals surface area contributed by atoms with E-state index in [0.717, 1.165) is 73.9 Å². The lowest BCUT2D eigenvalue weighted by Gasteiger charge is -2.47. The van der Waals surface area contributed by atoms with Crippen molar-refractivity contribution in [3.63, 3.8) is 0 Å². The van der Waals surface area contributed by atoms with Crippen molar-refractivity contribution in [1.82, 2.24) is 19.7 Å². The fourth-order valence-corrected chi connectivity index (χ4v) is 6.25. The molecule has 1 fully saturated rings. The molecule has 1 aromatic heterocycles. The van der Waals surface area contributed by atoms with Crippen molar-refractivity contribution in [2.24, 2.45) is 0 Å². The molecule has 212 valence electrons. The highest BCUT2D eigenvalue weighted by Crippen LogP contribution is 2.43. The van der Waals surface area contributed by atoms with Crippen LogP contribution in [0.15, 0.2) is 48.5 Å². The van der Waals surface area contributed by atoms with Gasteiger partial charge in [-0.05, 0) is 56.1 Å². The van der Waals surface area contributed by atoms with Crippen molar-refractivity contribution in [3.05, 3.63) is 75.5 Å². The number of piperazine rings is 1. The number of para-hydroxylation sites is 1. The molecule has 2 aromatic carbocycles. The third-order valence-electron chi connectivity index (χ3n) is 8.30. The fourth-order valence-electron chi connectivity index (χ4n) is 6.25. The first kappa shape index (κ1) is 27.8. The smallest absolute Gasteiger partial charge is 0.269 e. The minimum Gasteiger partial charge on any atom is -0.356 e. The molecule has 2 amide bonds. The molecule has 40 heavy (non-hydrogen) atoms. The first-order valence-corrected chi connectivity index (χ1v) is 14.6. The molecule has 9 heteroatoms. The number of non-ortho nitro benzene ring substituents is 1. The van der Waals surface area contributed by atoms with Gasteiger partial charge >= 0.3 is 0 Å². The third kappa shape index (κ3) is 5.47. The molecule has 3 heterocycles. The monoisotopic (exact) mass is 545 g/mol. The van der Waals surface area contributed by atoms with Crippen LogP contribution >= 0.6 is 0 Å². The highest BCUT2D eigenvalue weighted by molar-refractivity contribution is 5.97. The Kier molecular flexibility index (Phi) is 8.49. The van der Waals surface area contributed by atoms with Crippen LogP contribution in [0.4, 0.5) is 5.69 Å². The van der Waals surface area contributed by atoms with Gasteiger partial charge < -0.3 is 19.7 Å². The summed E-state index contributed by atoms with van der Waals surface area (Å²) in [5.41, 5.74) is 3.35. The van der Waals surface area contributed by atoms with Crippen LogP contribution in [0.3, 0.4) is 0 Å². The Morgan fingerprint density at radius 2 is 1.73 bits per heavy atom. The van der Waals surface area contributed by atoms with Crippen molar-refractivity contribution >= 4 is 28.4 Å². The first-order valence-electron chi connectivity index (χ1n) is 14.6. The summed E-state index contributed by atoms with van der Waals surface area (Å²) >= 11 is 0. The first-order chi connectivity index (χ1) is 19.4. The van der Waals surface area contributed by atoms with Crippen LogP contribution in [0.2, 0.25) is 0 Å². The number of unbranched alkanes of at least 4 members (excludes halogenated alkanes) is 2. The summed E-state index contributed by atoms with van der Waals surface area (Å²) < 4.78 is 0. The maximum Gasteiger partial charge on any atom is 0.269 e. The lowest BCUT2D eigenvalue weighted by molar-refractivity contribution is -0.384. The van der Waals surface area contributed by atoms with E-state index >= 15 is 0 Å². The number of carbonyl (C=O) groups excluding carboxylic acids is 2. The zero-order chi connectivity index (χ0) is 28.2. The summed E-state index contributed by atoms with van der Waals surface area (Å²) in [6, 6.07) is 13.1. The molecular formula is C31H39N5O4. The normalized spacial score (nSPS) is 18.9. The lowest BCUT2D eigenvalue weighted by atomic mass is 9.86. The summed E-state index contributed by atoms with van der Waals surface area (Å²) in [5.74, 6) is -0.168. The fraction of sp³-hybridized carbons (Fsp3) is 0.484. The summed E-state index contributed by atoms with van der Waals surface area (Å²) in [4.78, 5) is 48.2. The van der Waals surface area contributed by atoms with E-state index in [1.165, 1.54) is 12.1 Å². The predicted octanol–water partition coefficient (Wildman–Crippen LogP) is 5.05. The van der Waals surface area contributed by atoms with Gasteiger partial charge in [0.1, 0.15) is 6.04 Å². The lowest BCUT2D eigenvalue weighted by Crippen LogP contribution is -2.63. The van der Waals surface area contributed by atoms with Crippen molar-refractivity contribution in [3.8, 4) is 0 Å². The van der Waals surface area contributed by atoms with Crippen molar-refractivity contribution in [2.75, 3.05) is 32.7 Å². The molecule has 3 aromatic rings. The SMILES string of the molecule is CCCCN(CCCC)CCCN1CC(=O)N2C(c3cccc([N+](=O)[O-])c3)c3[nH]c4ccccc4c3C[C@H]2C1=O. The van der Waals surface area contributed by atoms with Crippen molar-refractivity contribution < 1.29 is 14.5 Å². The standard InChI is InChI=1S/C31H39N5O4/c1-3-5-15-33(16-6-4-2)17-10-18-34-21-28(37)35-27(31(34)38)20-25-24-13-7-8-14-26(24)32-29(25)30(35)22-11-9-12-23(19-22)36(39)40/h7-9,11-14,19,27,30,32H,3-6,10,15-18,20-21H2,1-2H3/t27-,30?/m0/s1. The number of aromatic amines is 1. The van der Waals surface area contributed by atoms with Crippen molar-refractivity contribution in [1.29, 1.82) is 0 Å². The summed E-state index contributed by atoms with van der Waals surface area (Å²) in [7, 11) is 0. The molecule has 0 aliphatic carbocycles. The molecule has 1 unspecified atom stereocenters. The largest absolute Gasteiger partial charge is 0.356 e. The second kappa shape index (κ2) is 12.2. The molecule has 0 bridgehead atoms. The number of nitrogens with one attached hydrogen (secondary N) is 1. The van der Waals surface area contributed by atoms with Crippen molar-refractivity contribution in [2.45, 2.75) is 64.5 Å². The second-order valence-electron chi connectivity index (χ2n) is 11.0. The number of rotatable bonds is 12. The molecule has 1 saturated heterocycles. The van der Waals surface area contributed by atoms with E-state index in [2.05, 4.69) is 23.7 Å². The molecule has 2 aliphatic heterocycles. The van der Waals surface area contributed by atoms with E-state index < -0.39 is 17.0 Å². The van der Waals surface area contributed by atoms with Gasteiger partial charge in [-0.3, -0.25) is 19.7 Å². The highest BCUT2D eigenvalue weighted by Gasteiger charge is 2.48. The van der Waals surface area contributed by atoms with Crippen LogP contribution in [0.5, 0.6) is 0 Å². The Morgan fingerprint density at radius 3 is 2.45 bits per heavy atom. The van der Waals surface area contributed by atoms with Gasteiger partial charge in [0.2, 0.25) is 11.8 Å². The number of hydrogen-bond donors (Lipinski definition) is 1. The Morgan fingerprint density at radius 1 is 1.00 bits per heavy atom. The predicted molar refractivity (Wildman–Crippen MR) is 155 cm³/mol. The van der Waals surface area contributed by atoms with Crippen LogP contribution in [0, 0.1) is 10.1 Å². The maximum atomic E-state index is 13.9. The Balaban J connectivity index is 1.43. The van der Waals surface area contributed by atoms with E-state index in [1.807, 2.05) is 24.3 Å². The van der Waals surface area contributed by atoms with Crippen LogP contribution in [-0.2, 0) is 16.0 Å². The summed E-state index contributed by atoms with van der Waals surface area (Å²) in [6.45, 7) is 8.02. The number of amides is 2. The van der Waals surface area contributed by atoms with E-state index in [-0.39, 0.29) is 24.0 Å². The van der Waals surface area contributed by atoms with Crippen LogP contribution in [-0.4, -0.2) is 75.2 Å². The van der Waals surface area contributed by atoms with Gasteiger partial charge in [-0.2, -0.15) is 0 Å². The number of H-pyrrole nitrogens is 1.